The number of rotatable bonds is 3. The highest BCUT2D eigenvalue weighted by Crippen LogP contribution is 2.26. The maximum atomic E-state index is 9.60. The van der Waals surface area contributed by atoms with Gasteiger partial charge in [-0.1, -0.05) is 0 Å². The van der Waals surface area contributed by atoms with Crippen LogP contribution >= 0.6 is 0 Å². The summed E-state index contributed by atoms with van der Waals surface area (Å²) in [6.45, 7) is 0. The van der Waals surface area contributed by atoms with Crippen molar-refractivity contribution in [2.75, 3.05) is 19.9 Å². The van der Waals surface area contributed by atoms with Crippen LogP contribution in [0.5, 0.6) is 5.75 Å². The SMILES string of the molecule is CN/C=C(\O)c1ccc(N)cc1OC. The van der Waals surface area contributed by atoms with E-state index >= 15 is 0 Å². The summed E-state index contributed by atoms with van der Waals surface area (Å²) in [6.07, 6.45) is 1.48. The molecule has 0 atom stereocenters. The van der Waals surface area contributed by atoms with E-state index in [-0.39, 0.29) is 5.76 Å². The Hall–Kier alpha value is -1.84. The molecule has 0 unspecified atom stereocenters. The van der Waals surface area contributed by atoms with E-state index in [0.717, 1.165) is 0 Å². The molecule has 0 heterocycles. The molecular weight excluding hydrogens is 180 g/mol. The van der Waals surface area contributed by atoms with Crippen molar-refractivity contribution in [2.24, 2.45) is 0 Å². The third-order valence-electron chi connectivity index (χ3n) is 1.78. The van der Waals surface area contributed by atoms with Gasteiger partial charge in [-0.05, 0) is 12.1 Å². The molecular formula is C10H14N2O2. The summed E-state index contributed by atoms with van der Waals surface area (Å²) in [5, 5.41) is 12.3. The van der Waals surface area contributed by atoms with Gasteiger partial charge in [0.1, 0.15) is 11.5 Å². The molecule has 76 valence electrons. The van der Waals surface area contributed by atoms with Crippen molar-refractivity contribution in [2.45, 2.75) is 0 Å². The van der Waals surface area contributed by atoms with Crippen LogP contribution in [0.2, 0.25) is 0 Å². The molecule has 0 aromatic heterocycles. The van der Waals surface area contributed by atoms with Crippen molar-refractivity contribution in [3.05, 3.63) is 30.0 Å². The third-order valence-corrected chi connectivity index (χ3v) is 1.78. The second kappa shape index (κ2) is 4.41. The first-order chi connectivity index (χ1) is 6.69. The number of ether oxygens (including phenoxy) is 1. The summed E-state index contributed by atoms with van der Waals surface area (Å²) in [5.41, 5.74) is 6.79. The zero-order valence-corrected chi connectivity index (χ0v) is 8.24. The molecule has 0 bridgehead atoms. The fourth-order valence-corrected chi connectivity index (χ4v) is 1.13. The molecule has 1 rings (SSSR count). The molecule has 0 spiro atoms. The number of aliphatic hydroxyl groups excluding tert-OH is 1. The second-order valence-electron chi connectivity index (χ2n) is 2.78. The molecule has 0 amide bonds. The molecule has 4 heteroatoms. The van der Waals surface area contributed by atoms with Crippen LogP contribution in [0.3, 0.4) is 0 Å². The zero-order valence-electron chi connectivity index (χ0n) is 8.24. The summed E-state index contributed by atoms with van der Waals surface area (Å²) in [4.78, 5) is 0. The van der Waals surface area contributed by atoms with Crippen molar-refractivity contribution >= 4 is 11.4 Å². The normalized spacial score (nSPS) is 11.1. The highest BCUT2D eigenvalue weighted by molar-refractivity contribution is 5.67. The van der Waals surface area contributed by atoms with E-state index in [9.17, 15) is 5.11 Å². The Morgan fingerprint density at radius 1 is 1.57 bits per heavy atom. The molecule has 0 aliphatic carbocycles. The summed E-state index contributed by atoms with van der Waals surface area (Å²) >= 11 is 0. The average Bonchev–Trinajstić information content (AvgIpc) is 2.17. The summed E-state index contributed by atoms with van der Waals surface area (Å²) in [7, 11) is 3.24. The van der Waals surface area contributed by atoms with E-state index in [2.05, 4.69) is 5.32 Å². The fourth-order valence-electron chi connectivity index (χ4n) is 1.13. The first-order valence-electron chi connectivity index (χ1n) is 4.19. The lowest BCUT2D eigenvalue weighted by Crippen LogP contribution is -1.98. The van der Waals surface area contributed by atoms with Crippen LogP contribution in [0.1, 0.15) is 5.56 Å². The molecule has 1 aromatic carbocycles. The largest absolute Gasteiger partial charge is 0.506 e. The molecule has 14 heavy (non-hydrogen) atoms. The minimum atomic E-state index is 0.115. The van der Waals surface area contributed by atoms with Crippen molar-refractivity contribution in [1.29, 1.82) is 0 Å². The Labute approximate surface area is 83.0 Å². The molecule has 0 saturated heterocycles. The van der Waals surface area contributed by atoms with Crippen LogP contribution < -0.4 is 15.8 Å². The summed E-state index contributed by atoms with van der Waals surface area (Å²) < 4.78 is 5.09. The smallest absolute Gasteiger partial charge is 0.142 e. The van der Waals surface area contributed by atoms with Gasteiger partial charge < -0.3 is 20.9 Å². The number of methoxy groups -OCH3 is 1. The van der Waals surface area contributed by atoms with Crippen LogP contribution in [-0.2, 0) is 0 Å². The highest BCUT2D eigenvalue weighted by atomic mass is 16.5. The van der Waals surface area contributed by atoms with Gasteiger partial charge in [0, 0.05) is 25.0 Å². The number of benzene rings is 1. The number of nitrogens with one attached hydrogen (secondary N) is 1. The topological polar surface area (TPSA) is 67.5 Å². The Bertz CT molecular complexity index is 348. The minimum Gasteiger partial charge on any atom is -0.506 e. The lowest BCUT2D eigenvalue weighted by Gasteiger charge is -2.08. The van der Waals surface area contributed by atoms with E-state index in [1.54, 1.807) is 25.2 Å². The van der Waals surface area contributed by atoms with Crippen LogP contribution in [0.15, 0.2) is 24.4 Å². The van der Waals surface area contributed by atoms with Gasteiger partial charge in [-0.25, -0.2) is 0 Å². The molecule has 0 fully saturated rings. The maximum absolute atomic E-state index is 9.60. The average molecular weight is 194 g/mol. The lowest BCUT2D eigenvalue weighted by molar-refractivity contribution is 0.408. The van der Waals surface area contributed by atoms with Gasteiger partial charge in [-0.2, -0.15) is 0 Å². The Morgan fingerprint density at radius 2 is 2.29 bits per heavy atom. The summed E-state index contributed by atoms with van der Waals surface area (Å²) in [6, 6.07) is 5.07. The minimum absolute atomic E-state index is 0.115. The second-order valence-corrected chi connectivity index (χ2v) is 2.78. The number of hydrogen-bond acceptors (Lipinski definition) is 4. The molecule has 4 N–H and O–H groups in total. The van der Waals surface area contributed by atoms with Crippen molar-refractivity contribution < 1.29 is 9.84 Å². The first kappa shape index (κ1) is 10.2. The van der Waals surface area contributed by atoms with Gasteiger partial charge in [0.25, 0.3) is 0 Å². The lowest BCUT2D eigenvalue weighted by atomic mass is 10.1. The Balaban J connectivity index is 3.14. The number of aliphatic hydroxyl groups is 1. The number of hydrogen-bond donors (Lipinski definition) is 3. The van der Waals surface area contributed by atoms with Gasteiger partial charge in [0.2, 0.25) is 0 Å². The van der Waals surface area contributed by atoms with Crippen molar-refractivity contribution in [1.82, 2.24) is 5.32 Å². The molecule has 0 radical (unpaired) electrons. The maximum Gasteiger partial charge on any atom is 0.142 e. The standard InChI is InChI=1S/C10H14N2O2/c1-12-6-9(13)8-4-3-7(11)5-10(8)14-2/h3-6,12-13H,11H2,1-2H3/b9-6-. The zero-order chi connectivity index (χ0) is 10.6. The predicted octanol–water partition coefficient (Wildman–Crippen LogP) is 1.35. The van der Waals surface area contributed by atoms with Gasteiger partial charge in [0.15, 0.2) is 0 Å². The van der Waals surface area contributed by atoms with Crippen LogP contribution in [0.25, 0.3) is 5.76 Å². The number of nitrogen functional groups attached to an aromatic ring is 1. The van der Waals surface area contributed by atoms with E-state index in [4.69, 9.17) is 10.5 Å². The molecule has 0 aliphatic rings. The van der Waals surface area contributed by atoms with Gasteiger partial charge in [-0.3, -0.25) is 0 Å². The third kappa shape index (κ3) is 2.10. The molecule has 4 nitrogen and oxygen atoms in total. The predicted molar refractivity (Wildman–Crippen MR) is 57.1 cm³/mol. The van der Waals surface area contributed by atoms with Crippen LogP contribution in [-0.4, -0.2) is 19.3 Å². The van der Waals surface area contributed by atoms with Gasteiger partial charge in [0.05, 0.1) is 12.7 Å². The Morgan fingerprint density at radius 3 is 2.86 bits per heavy atom. The highest BCUT2D eigenvalue weighted by Gasteiger charge is 2.06. The van der Waals surface area contributed by atoms with Gasteiger partial charge in [-0.15, -0.1) is 0 Å². The number of nitrogens with two attached hydrogens (primary N) is 1. The molecule has 0 aliphatic heterocycles. The van der Waals surface area contributed by atoms with Crippen molar-refractivity contribution in [3.8, 4) is 5.75 Å². The van der Waals surface area contributed by atoms with Gasteiger partial charge >= 0.3 is 0 Å². The van der Waals surface area contributed by atoms with E-state index in [1.807, 2.05) is 0 Å². The monoisotopic (exact) mass is 194 g/mol. The van der Waals surface area contributed by atoms with Crippen LogP contribution in [0.4, 0.5) is 5.69 Å². The van der Waals surface area contributed by atoms with Crippen molar-refractivity contribution in [3.63, 3.8) is 0 Å². The Kier molecular flexibility index (Phi) is 3.23. The van der Waals surface area contributed by atoms with Crippen LogP contribution in [0, 0.1) is 0 Å². The summed E-state index contributed by atoms with van der Waals surface area (Å²) in [5.74, 6) is 0.665. The number of anilines is 1. The first-order valence-corrected chi connectivity index (χ1v) is 4.19. The molecule has 0 saturated carbocycles. The fraction of sp³-hybridized carbons (Fsp3) is 0.200. The van der Waals surface area contributed by atoms with E-state index < -0.39 is 0 Å². The van der Waals surface area contributed by atoms with E-state index in [1.165, 1.54) is 13.3 Å². The quantitative estimate of drug-likeness (QED) is 0.502. The van der Waals surface area contributed by atoms with E-state index in [0.29, 0.717) is 17.0 Å². The molecule has 1 aromatic rings.